The van der Waals surface area contributed by atoms with Crippen molar-refractivity contribution >= 4 is 92.9 Å². The Hall–Kier alpha value is -10.7. The monoisotopic (exact) mass is 1230 g/mol. The Morgan fingerprint density at radius 1 is 0.420 bits per heavy atom. The van der Waals surface area contributed by atoms with E-state index in [4.69, 9.17) is 0 Å². The lowest BCUT2D eigenvalue weighted by Gasteiger charge is -2.12. The van der Waals surface area contributed by atoms with Gasteiger partial charge in [0.1, 0.15) is 22.8 Å². The van der Waals surface area contributed by atoms with Gasteiger partial charge in [-0.3, -0.25) is 0 Å². The first-order chi connectivity index (χ1) is 41.8. The molecule has 0 unspecified atom stereocenters. The van der Waals surface area contributed by atoms with Crippen LogP contribution in [0, 0.1) is 0 Å². The van der Waals surface area contributed by atoms with Gasteiger partial charge in [-0.25, -0.2) is 36.0 Å². The number of aromatic nitrogens is 4. The molecule has 0 aliphatic rings. The van der Waals surface area contributed by atoms with Crippen LogP contribution < -0.4 is 4.90 Å². The van der Waals surface area contributed by atoms with E-state index in [1.54, 1.807) is 91.9 Å². The van der Waals surface area contributed by atoms with E-state index in [1.807, 2.05) is 91.8 Å². The number of fused-ring (bicyclic) bond motifs is 4. The molecule has 0 aliphatic heterocycles. The number of benzene rings is 8. The van der Waals surface area contributed by atoms with Gasteiger partial charge in [0, 0.05) is 91.9 Å². The molecule has 0 spiro atoms. The van der Waals surface area contributed by atoms with E-state index in [0.717, 1.165) is 57.2 Å². The SMILES string of the molecule is CCS(=O)(=O)c1ccc2[nH]c(C(=O)O)c(-c3ccccc3)c2c1.CN(C)c1ccc2[nH]c(C(=O)O)c(-c3ccccc3)c2c1.CS(=O)(=O)c1ccc2[nH]c(C(=O)O)c(-c3ccccc3)c2c1.O=C(O)c1[nH]c2ccc(C(F)(F)F)cc2c1-c1ccccc1. The number of hydrogen-bond acceptors (Lipinski definition) is 9. The Balaban J connectivity index is 0.000000140. The minimum atomic E-state index is -4.48. The summed E-state index contributed by atoms with van der Waals surface area (Å²) in [6, 6.07) is 54.4. The van der Waals surface area contributed by atoms with Crippen molar-refractivity contribution in [1.82, 2.24) is 19.9 Å². The summed E-state index contributed by atoms with van der Waals surface area (Å²) in [6.07, 6.45) is -3.36. The molecule has 0 radical (unpaired) electrons. The number of H-pyrrole nitrogens is 4. The molecule has 0 atom stereocenters. The fourth-order valence-corrected chi connectivity index (χ4v) is 11.6. The summed E-state index contributed by atoms with van der Waals surface area (Å²) < 4.78 is 86.4. The highest BCUT2D eigenvalue weighted by atomic mass is 32.2. The summed E-state index contributed by atoms with van der Waals surface area (Å²) in [7, 11) is -2.79. The summed E-state index contributed by atoms with van der Waals surface area (Å²) in [5, 5.41) is 39.9. The topological polar surface area (TPSA) is 284 Å². The van der Waals surface area contributed by atoms with Crippen LogP contribution in [0.1, 0.15) is 54.4 Å². The van der Waals surface area contributed by atoms with Gasteiger partial charge in [-0.2, -0.15) is 13.2 Å². The van der Waals surface area contributed by atoms with Crippen LogP contribution in [0.5, 0.6) is 0 Å². The van der Waals surface area contributed by atoms with Gasteiger partial charge in [-0.1, -0.05) is 128 Å². The molecule has 0 saturated carbocycles. The maximum Gasteiger partial charge on any atom is 0.416 e. The molecule has 88 heavy (non-hydrogen) atoms. The first kappa shape index (κ1) is 61.8. The molecule has 8 aromatic carbocycles. The fourth-order valence-electron chi connectivity index (χ4n) is 10.0. The van der Waals surface area contributed by atoms with Gasteiger partial charge in [0.25, 0.3) is 0 Å². The molecular weight excluding hydrogens is 1180 g/mol. The van der Waals surface area contributed by atoms with Crippen LogP contribution in [-0.4, -0.2) is 107 Å². The molecule has 0 saturated heterocycles. The largest absolute Gasteiger partial charge is 0.477 e. The third-order valence-corrected chi connectivity index (χ3v) is 17.1. The molecule has 448 valence electrons. The minimum Gasteiger partial charge on any atom is -0.477 e. The zero-order valence-corrected chi connectivity index (χ0v) is 48.8. The van der Waals surface area contributed by atoms with Crippen molar-refractivity contribution in [2.75, 3.05) is 31.0 Å². The maximum absolute atomic E-state index is 12.9. The molecular formula is C66H54F3N5O12S2. The van der Waals surface area contributed by atoms with Gasteiger partial charge < -0.3 is 45.3 Å². The minimum absolute atomic E-state index is 0.00458. The second-order valence-electron chi connectivity index (χ2n) is 20.2. The highest BCUT2D eigenvalue weighted by Gasteiger charge is 2.32. The number of aromatic amines is 4. The number of hydrogen-bond donors (Lipinski definition) is 8. The van der Waals surface area contributed by atoms with Crippen molar-refractivity contribution in [1.29, 1.82) is 0 Å². The van der Waals surface area contributed by atoms with Crippen LogP contribution in [0.25, 0.3) is 88.1 Å². The molecule has 0 amide bonds. The average Bonchev–Trinajstić information content (AvgIpc) is 1.81. The maximum atomic E-state index is 12.9. The van der Waals surface area contributed by atoms with Crippen molar-refractivity contribution in [3.05, 3.63) is 222 Å². The van der Waals surface area contributed by atoms with E-state index in [-0.39, 0.29) is 49.3 Å². The lowest BCUT2D eigenvalue weighted by molar-refractivity contribution is -0.137. The third kappa shape index (κ3) is 13.1. The van der Waals surface area contributed by atoms with E-state index >= 15 is 0 Å². The summed E-state index contributed by atoms with van der Waals surface area (Å²) in [6.45, 7) is 1.58. The van der Waals surface area contributed by atoms with Crippen molar-refractivity contribution in [3.63, 3.8) is 0 Å². The predicted molar refractivity (Wildman–Crippen MR) is 333 cm³/mol. The van der Waals surface area contributed by atoms with Crippen molar-refractivity contribution in [3.8, 4) is 44.5 Å². The Kier molecular flexibility index (Phi) is 17.6. The van der Waals surface area contributed by atoms with Crippen molar-refractivity contribution < 1.29 is 69.6 Å². The molecule has 12 rings (SSSR count). The molecule has 0 aliphatic carbocycles. The summed E-state index contributed by atoms with van der Waals surface area (Å²) in [5.74, 6) is -4.34. The second kappa shape index (κ2) is 25.1. The molecule has 0 fully saturated rings. The van der Waals surface area contributed by atoms with Crippen LogP contribution in [0.4, 0.5) is 18.9 Å². The lowest BCUT2D eigenvalue weighted by Crippen LogP contribution is -2.07. The van der Waals surface area contributed by atoms with Crippen LogP contribution in [0.15, 0.2) is 204 Å². The van der Waals surface area contributed by atoms with E-state index < -0.39 is 55.3 Å². The van der Waals surface area contributed by atoms with E-state index in [1.165, 1.54) is 24.3 Å². The number of carboxylic acid groups (broad SMARTS) is 4. The van der Waals surface area contributed by atoms with Gasteiger partial charge in [0.2, 0.25) is 0 Å². The van der Waals surface area contributed by atoms with Gasteiger partial charge in [0.15, 0.2) is 19.7 Å². The third-order valence-electron chi connectivity index (χ3n) is 14.2. The number of carbonyl (C=O) groups is 4. The Morgan fingerprint density at radius 3 is 1.02 bits per heavy atom. The molecule has 0 bridgehead atoms. The number of aromatic carboxylic acids is 4. The fraction of sp³-hybridized carbons (Fsp3) is 0.0909. The van der Waals surface area contributed by atoms with Crippen LogP contribution >= 0.6 is 0 Å². The molecule has 12 aromatic rings. The number of sulfone groups is 2. The second-order valence-corrected chi connectivity index (χ2v) is 24.5. The average molecular weight is 1230 g/mol. The first-order valence-corrected chi connectivity index (χ1v) is 30.3. The predicted octanol–water partition coefficient (Wildman–Crippen LogP) is 14.4. The Morgan fingerprint density at radius 2 is 0.716 bits per heavy atom. The zero-order chi connectivity index (χ0) is 63.4. The number of carboxylic acids is 4. The van der Waals surface area contributed by atoms with E-state index in [9.17, 15) is 69.6 Å². The lowest BCUT2D eigenvalue weighted by atomic mass is 10.0. The molecule has 4 heterocycles. The van der Waals surface area contributed by atoms with Crippen LogP contribution in [0.3, 0.4) is 0 Å². The standard InChI is InChI=1S/C17H16N2O2.C17H15NO4S.C16H10F3NO2.C16H13NO4S/c1-19(2)12-8-9-14-13(10-12)15(16(18-14)17(20)21)11-6-4-3-5-7-11;1-2-23(21,22)12-8-9-14-13(10-12)15(16(18-14)17(19)20)11-6-4-3-5-7-11;17-16(18,19)10-6-7-12-11(8-10)13(14(20-12)15(21)22)9-4-2-1-3-5-9;1-22(20,21)11-7-8-13-12(9-11)14(15(17-13)16(18)19)10-5-3-2-4-6-10/h3-10,18H,1-2H3,(H,20,21);3-10,18H,2H2,1H3,(H,19,20);1-8,20H,(H,21,22);2-9,17H,1H3,(H,18,19). The Bertz CT molecular complexity index is 4850. The number of nitrogens with zero attached hydrogens (tertiary/aromatic N) is 1. The van der Waals surface area contributed by atoms with Crippen molar-refractivity contribution in [2.45, 2.75) is 22.9 Å². The number of anilines is 1. The van der Waals surface area contributed by atoms with Gasteiger partial charge in [-0.15, -0.1) is 0 Å². The van der Waals surface area contributed by atoms with Gasteiger partial charge in [-0.05, 0) is 95.1 Å². The number of nitrogens with one attached hydrogen (secondary N) is 4. The summed E-state index contributed by atoms with van der Waals surface area (Å²) >= 11 is 0. The smallest absolute Gasteiger partial charge is 0.416 e. The molecule has 8 N–H and O–H groups in total. The van der Waals surface area contributed by atoms with Gasteiger partial charge >= 0.3 is 30.1 Å². The summed E-state index contributed by atoms with van der Waals surface area (Å²) in [5.41, 5.74) is 7.67. The number of halogens is 3. The van der Waals surface area contributed by atoms with E-state index in [0.29, 0.717) is 44.0 Å². The zero-order valence-electron chi connectivity index (χ0n) is 47.1. The Labute approximate surface area is 500 Å². The van der Waals surface area contributed by atoms with Gasteiger partial charge in [0.05, 0.1) is 21.1 Å². The van der Waals surface area contributed by atoms with Crippen molar-refractivity contribution in [2.24, 2.45) is 0 Å². The first-order valence-electron chi connectivity index (χ1n) is 26.7. The molecule has 4 aromatic heterocycles. The molecule has 17 nitrogen and oxygen atoms in total. The molecule has 22 heteroatoms. The quantitative estimate of drug-likeness (QED) is 0.0565. The number of rotatable bonds is 12. The number of alkyl halides is 3. The highest BCUT2D eigenvalue weighted by Crippen LogP contribution is 2.40. The van der Waals surface area contributed by atoms with Crippen LogP contribution in [0.2, 0.25) is 0 Å². The highest BCUT2D eigenvalue weighted by molar-refractivity contribution is 7.91. The van der Waals surface area contributed by atoms with Crippen LogP contribution in [-0.2, 0) is 25.9 Å². The van der Waals surface area contributed by atoms with E-state index in [2.05, 4.69) is 19.9 Å². The summed E-state index contributed by atoms with van der Waals surface area (Å²) in [4.78, 5) is 59.7. The normalized spacial score (nSPS) is 11.5.